The van der Waals surface area contributed by atoms with E-state index >= 15 is 0 Å². The monoisotopic (exact) mass is 264 g/mol. The Morgan fingerprint density at radius 3 is 2.61 bits per heavy atom. The molecule has 0 radical (unpaired) electrons. The molecule has 1 N–H and O–H groups in total. The predicted molar refractivity (Wildman–Crippen MR) is 76.8 cm³/mol. The summed E-state index contributed by atoms with van der Waals surface area (Å²) in [7, 11) is 0. The van der Waals surface area contributed by atoms with Gasteiger partial charge in [0.05, 0.1) is 5.01 Å². The molecular formula is C15H24N2S. The van der Waals surface area contributed by atoms with Gasteiger partial charge >= 0.3 is 0 Å². The number of aryl methyl sites for hydroxylation is 1. The molecule has 0 unspecified atom stereocenters. The summed E-state index contributed by atoms with van der Waals surface area (Å²) in [6.07, 6.45) is 13.7. The number of nitrogens with one attached hydrogen (secondary N) is 1. The molecule has 2 fully saturated rings. The highest BCUT2D eigenvalue weighted by Crippen LogP contribution is 2.48. The fourth-order valence-electron chi connectivity index (χ4n) is 3.79. The minimum absolute atomic E-state index is 0.749. The lowest BCUT2D eigenvalue weighted by atomic mass is 9.71. The molecule has 3 rings (SSSR count). The maximum Gasteiger partial charge on any atom is 0.0897 e. The van der Waals surface area contributed by atoms with Crippen LogP contribution in [0, 0.1) is 12.3 Å². The standard InChI is InChI=1S/C15H24N2S/c1-12-16-10-14(18-12)11-17-13-4-8-15(9-5-13)6-2-3-7-15/h10,13,17H,2-9,11H2,1H3. The Morgan fingerprint density at radius 2 is 2.00 bits per heavy atom. The summed E-state index contributed by atoms with van der Waals surface area (Å²) < 4.78 is 0. The Kier molecular flexibility index (Phi) is 3.71. The average molecular weight is 264 g/mol. The maximum absolute atomic E-state index is 4.32. The second-order valence-electron chi connectivity index (χ2n) is 6.21. The minimum atomic E-state index is 0.749. The number of hydrogen-bond donors (Lipinski definition) is 1. The van der Waals surface area contributed by atoms with Crippen LogP contribution in [0.2, 0.25) is 0 Å². The Hall–Kier alpha value is -0.410. The van der Waals surface area contributed by atoms with E-state index in [1.807, 2.05) is 17.5 Å². The largest absolute Gasteiger partial charge is 0.309 e. The van der Waals surface area contributed by atoms with Crippen LogP contribution in [0.5, 0.6) is 0 Å². The summed E-state index contributed by atoms with van der Waals surface area (Å²) in [5.74, 6) is 0. The smallest absolute Gasteiger partial charge is 0.0897 e. The van der Waals surface area contributed by atoms with Gasteiger partial charge in [0.1, 0.15) is 0 Å². The zero-order valence-corrected chi connectivity index (χ0v) is 12.2. The number of nitrogens with zero attached hydrogens (tertiary/aromatic N) is 1. The van der Waals surface area contributed by atoms with E-state index in [9.17, 15) is 0 Å². The van der Waals surface area contributed by atoms with Crippen LogP contribution in [0.3, 0.4) is 0 Å². The SMILES string of the molecule is Cc1ncc(CNC2CCC3(CCCC3)CC2)s1. The molecule has 0 aromatic carbocycles. The molecular weight excluding hydrogens is 240 g/mol. The van der Waals surface area contributed by atoms with Gasteiger partial charge in [-0.1, -0.05) is 12.8 Å². The summed E-state index contributed by atoms with van der Waals surface area (Å²) in [6.45, 7) is 3.10. The molecule has 1 spiro atoms. The van der Waals surface area contributed by atoms with Gasteiger partial charge in [-0.05, 0) is 50.9 Å². The minimum Gasteiger partial charge on any atom is -0.309 e. The number of hydrogen-bond acceptors (Lipinski definition) is 3. The Bertz CT molecular complexity index is 383. The van der Waals surface area contributed by atoms with E-state index in [0.717, 1.165) is 18.0 Å². The second kappa shape index (κ2) is 5.30. The fraction of sp³-hybridized carbons (Fsp3) is 0.800. The molecule has 2 nitrogen and oxygen atoms in total. The third kappa shape index (κ3) is 2.77. The summed E-state index contributed by atoms with van der Waals surface area (Å²) in [5.41, 5.74) is 0.763. The first-order valence-corrected chi connectivity index (χ1v) is 8.22. The molecule has 2 aliphatic carbocycles. The van der Waals surface area contributed by atoms with Crippen molar-refractivity contribution >= 4 is 11.3 Å². The lowest BCUT2D eigenvalue weighted by Gasteiger charge is -2.37. The van der Waals surface area contributed by atoms with E-state index in [1.54, 1.807) is 0 Å². The van der Waals surface area contributed by atoms with Crippen LogP contribution < -0.4 is 5.32 Å². The molecule has 0 aliphatic heterocycles. The van der Waals surface area contributed by atoms with Gasteiger partial charge in [0.2, 0.25) is 0 Å². The third-order valence-corrected chi connectivity index (χ3v) is 5.86. The Morgan fingerprint density at radius 1 is 1.28 bits per heavy atom. The van der Waals surface area contributed by atoms with Gasteiger partial charge in [-0.15, -0.1) is 11.3 Å². The third-order valence-electron chi connectivity index (χ3n) is 4.94. The Balaban J connectivity index is 1.45. The van der Waals surface area contributed by atoms with Crippen LogP contribution in [0.4, 0.5) is 0 Å². The normalized spacial score (nSPS) is 23.8. The molecule has 2 saturated carbocycles. The molecule has 0 saturated heterocycles. The van der Waals surface area contributed by atoms with Crippen molar-refractivity contribution in [1.29, 1.82) is 0 Å². The molecule has 3 heteroatoms. The van der Waals surface area contributed by atoms with Crippen molar-refractivity contribution in [2.24, 2.45) is 5.41 Å². The van der Waals surface area contributed by atoms with Crippen molar-refractivity contribution in [3.8, 4) is 0 Å². The van der Waals surface area contributed by atoms with Crippen LogP contribution in [0.15, 0.2) is 6.20 Å². The molecule has 1 aromatic heterocycles. The molecule has 1 heterocycles. The van der Waals surface area contributed by atoms with Gasteiger partial charge < -0.3 is 5.32 Å². The first-order chi connectivity index (χ1) is 8.76. The average Bonchev–Trinajstić information content (AvgIpc) is 2.99. The number of thiazole rings is 1. The van der Waals surface area contributed by atoms with Gasteiger partial charge in [0.25, 0.3) is 0 Å². The molecule has 2 aliphatic rings. The Labute approximate surface area is 114 Å². The van der Waals surface area contributed by atoms with Crippen molar-refractivity contribution in [3.05, 3.63) is 16.1 Å². The van der Waals surface area contributed by atoms with Gasteiger partial charge in [-0.2, -0.15) is 0 Å². The maximum atomic E-state index is 4.32. The first kappa shape index (κ1) is 12.6. The van der Waals surface area contributed by atoms with Crippen LogP contribution in [0.25, 0.3) is 0 Å². The van der Waals surface area contributed by atoms with Crippen LogP contribution in [-0.4, -0.2) is 11.0 Å². The summed E-state index contributed by atoms with van der Waals surface area (Å²) in [6, 6.07) is 0.749. The molecule has 0 atom stereocenters. The molecule has 100 valence electrons. The van der Waals surface area contributed by atoms with E-state index in [0.29, 0.717) is 0 Å². The molecule has 1 aromatic rings. The summed E-state index contributed by atoms with van der Waals surface area (Å²) in [4.78, 5) is 5.70. The lowest BCUT2D eigenvalue weighted by Crippen LogP contribution is -2.36. The van der Waals surface area contributed by atoms with E-state index in [-0.39, 0.29) is 0 Å². The van der Waals surface area contributed by atoms with Crippen LogP contribution in [0.1, 0.15) is 61.3 Å². The zero-order chi connectivity index (χ0) is 12.4. The topological polar surface area (TPSA) is 24.9 Å². The van der Waals surface area contributed by atoms with Crippen LogP contribution in [-0.2, 0) is 6.54 Å². The van der Waals surface area contributed by atoms with Gasteiger partial charge in [-0.3, -0.25) is 0 Å². The zero-order valence-electron chi connectivity index (χ0n) is 11.4. The molecule has 18 heavy (non-hydrogen) atoms. The van der Waals surface area contributed by atoms with E-state index in [4.69, 9.17) is 0 Å². The summed E-state index contributed by atoms with van der Waals surface area (Å²) in [5, 5.41) is 4.91. The van der Waals surface area contributed by atoms with Crippen LogP contribution >= 0.6 is 11.3 Å². The highest BCUT2D eigenvalue weighted by molar-refractivity contribution is 7.11. The van der Waals surface area contributed by atoms with Gasteiger partial charge in [0.15, 0.2) is 0 Å². The van der Waals surface area contributed by atoms with Crippen molar-refractivity contribution in [1.82, 2.24) is 10.3 Å². The first-order valence-electron chi connectivity index (χ1n) is 7.41. The van der Waals surface area contributed by atoms with Crippen molar-refractivity contribution in [2.45, 2.75) is 70.9 Å². The molecule has 0 bridgehead atoms. The molecule has 0 amide bonds. The fourth-order valence-corrected chi connectivity index (χ4v) is 4.54. The van der Waals surface area contributed by atoms with E-state index in [2.05, 4.69) is 17.2 Å². The predicted octanol–water partition coefficient (Wildman–Crippen LogP) is 4.04. The number of rotatable bonds is 3. The second-order valence-corrected chi connectivity index (χ2v) is 7.53. The van der Waals surface area contributed by atoms with Gasteiger partial charge in [-0.25, -0.2) is 4.98 Å². The highest BCUT2D eigenvalue weighted by Gasteiger charge is 2.37. The van der Waals surface area contributed by atoms with Gasteiger partial charge in [0, 0.05) is 23.7 Å². The summed E-state index contributed by atoms with van der Waals surface area (Å²) >= 11 is 1.82. The van der Waals surface area contributed by atoms with Crippen molar-refractivity contribution < 1.29 is 0 Å². The number of aromatic nitrogens is 1. The highest BCUT2D eigenvalue weighted by atomic mass is 32.1. The lowest BCUT2D eigenvalue weighted by molar-refractivity contribution is 0.168. The van der Waals surface area contributed by atoms with E-state index < -0.39 is 0 Å². The quantitative estimate of drug-likeness (QED) is 0.891. The van der Waals surface area contributed by atoms with Crippen molar-refractivity contribution in [3.63, 3.8) is 0 Å². The van der Waals surface area contributed by atoms with E-state index in [1.165, 1.54) is 61.3 Å². The van der Waals surface area contributed by atoms with Crippen molar-refractivity contribution in [2.75, 3.05) is 0 Å².